The first-order valence-electron chi connectivity index (χ1n) is 5.39. The van der Waals surface area contributed by atoms with Crippen LogP contribution in [-0.2, 0) is 0 Å². The summed E-state index contributed by atoms with van der Waals surface area (Å²) < 4.78 is 0. The van der Waals surface area contributed by atoms with Crippen molar-refractivity contribution >= 4 is 46.4 Å². The predicted octanol–water partition coefficient (Wildman–Crippen LogP) is 6.45. The zero-order valence-corrected chi connectivity index (χ0v) is 12.6. The lowest BCUT2D eigenvalue weighted by molar-refractivity contribution is 0.923. The topological polar surface area (TPSA) is 0 Å². The molecule has 0 atom stereocenters. The molecule has 0 fully saturated rings. The van der Waals surface area contributed by atoms with Gasteiger partial charge >= 0.3 is 0 Å². The number of hydrogen-bond donors (Lipinski definition) is 0. The Hall–Kier alpha value is -0.400. The third kappa shape index (κ3) is 2.95. The molecule has 0 heterocycles. The third-order valence-electron chi connectivity index (χ3n) is 2.85. The van der Waals surface area contributed by atoms with Crippen LogP contribution in [0.4, 0.5) is 0 Å². The van der Waals surface area contributed by atoms with Crippen molar-refractivity contribution in [3.63, 3.8) is 0 Å². The quantitative estimate of drug-likeness (QED) is 0.596. The van der Waals surface area contributed by atoms with E-state index in [0.717, 1.165) is 11.1 Å². The molecule has 0 N–H and O–H groups in total. The molecule has 4 heteroatoms. The van der Waals surface area contributed by atoms with Crippen LogP contribution in [0, 0.1) is 0 Å². The number of halogens is 4. The molecule has 0 aliphatic rings. The van der Waals surface area contributed by atoms with E-state index >= 15 is 0 Å². The van der Waals surface area contributed by atoms with Crippen LogP contribution in [0.5, 0.6) is 0 Å². The molecule has 0 aliphatic carbocycles. The van der Waals surface area contributed by atoms with Gasteiger partial charge in [0.15, 0.2) is 0 Å². The average molecular weight is 320 g/mol. The molecule has 0 radical (unpaired) electrons. The maximum atomic E-state index is 6.20. The van der Waals surface area contributed by atoms with E-state index in [0.29, 0.717) is 20.1 Å². The van der Waals surface area contributed by atoms with Gasteiger partial charge < -0.3 is 0 Å². The minimum Gasteiger partial charge on any atom is -0.0843 e. The fourth-order valence-electron chi connectivity index (χ4n) is 1.86. The van der Waals surface area contributed by atoms with Crippen LogP contribution in [0.1, 0.15) is 24.0 Å². The summed E-state index contributed by atoms with van der Waals surface area (Å²) in [5.41, 5.74) is 1.88. The van der Waals surface area contributed by atoms with Gasteiger partial charge in [-0.05, 0) is 47.5 Å². The van der Waals surface area contributed by atoms with Gasteiger partial charge in [-0.1, -0.05) is 53.3 Å². The standard InChI is InChI=1S/C14H10Cl4/c1-8(11-6-9(15)2-4-13(11)17)12-7-10(16)3-5-14(12)18/h2-8H,1H3. The maximum Gasteiger partial charge on any atom is 0.0445 e. The van der Waals surface area contributed by atoms with Crippen LogP contribution in [0.3, 0.4) is 0 Å². The molecule has 0 aromatic heterocycles. The second kappa shape index (κ2) is 5.71. The van der Waals surface area contributed by atoms with Crippen LogP contribution < -0.4 is 0 Å². The second-order valence-corrected chi connectivity index (χ2v) is 5.74. The Balaban J connectivity index is 2.50. The summed E-state index contributed by atoms with van der Waals surface area (Å²) in [6.45, 7) is 2.02. The van der Waals surface area contributed by atoms with Gasteiger partial charge in [0, 0.05) is 26.0 Å². The molecule has 0 nitrogen and oxygen atoms in total. The van der Waals surface area contributed by atoms with Crippen molar-refractivity contribution in [1.29, 1.82) is 0 Å². The van der Waals surface area contributed by atoms with Crippen molar-refractivity contribution in [3.8, 4) is 0 Å². The van der Waals surface area contributed by atoms with Gasteiger partial charge in [0.25, 0.3) is 0 Å². The van der Waals surface area contributed by atoms with E-state index in [1.807, 2.05) is 19.1 Å². The molecule has 94 valence electrons. The highest BCUT2D eigenvalue weighted by molar-refractivity contribution is 6.34. The van der Waals surface area contributed by atoms with Crippen molar-refractivity contribution in [2.45, 2.75) is 12.8 Å². The van der Waals surface area contributed by atoms with Gasteiger partial charge in [0.05, 0.1) is 0 Å². The molecular weight excluding hydrogens is 310 g/mol. The van der Waals surface area contributed by atoms with E-state index in [2.05, 4.69) is 0 Å². The molecule has 2 rings (SSSR count). The highest BCUT2D eigenvalue weighted by atomic mass is 35.5. The number of rotatable bonds is 2. The third-order valence-corrected chi connectivity index (χ3v) is 4.01. The van der Waals surface area contributed by atoms with Crippen molar-refractivity contribution in [1.82, 2.24) is 0 Å². The predicted molar refractivity (Wildman–Crippen MR) is 80.4 cm³/mol. The van der Waals surface area contributed by atoms with Crippen LogP contribution in [-0.4, -0.2) is 0 Å². The maximum absolute atomic E-state index is 6.20. The first kappa shape index (κ1) is 14.0. The number of benzene rings is 2. The summed E-state index contributed by atoms with van der Waals surface area (Å²) >= 11 is 24.4. The molecule has 18 heavy (non-hydrogen) atoms. The minimum atomic E-state index is 0.0300. The Morgan fingerprint density at radius 2 is 1.11 bits per heavy atom. The molecule has 0 unspecified atom stereocenters. The Morgan fingerprint density at radius 3 is 1.50 bits per heavy atom. The zero-order valence-electron chi connectivity index (χ0n) is 9.55. The Labute approximate surface area is 126 Å². The molecule has 2 aromatic carbocycles. The van der Waals surface area contributed by atoms with Crippen molar-refractivity contribution in [2.75, 3.05) is 0 Å². The van der Waals surface area contributed by atoms with E-state index in [9.17, 15) is 0 Å². The Bertz CT molecular complexity index is 527. The highest BCUT2D eigenvalue weighted by Gasteiger charge is 2.15. The first-order valence-corrected chi connectivity index (χ1v) is 6.90. The first-order chi connectivity index (χ1) is 8.49. The average Bonchev–Trinajstić information content (AvgIpc) is 2.34. The fourth-order valence-corrected chi connectivity index (χ4v) is 2.78. The summed E-state index contributed by atoms with van der Waals surface area (Å²) in [7, 11) is 0. The smallest absolute Gasteiger partial charge is 0.0445 e. The number of hydrogen-bond acceptors (Lipinski definition) is 0. The molecule has 0 bridgehead atoms. The molecule has 0 aliphatic heterocycles. The summed E-state index contributed by atoms with van der Waals surface area (Å²) in [5.74, 6) is 0.0300. The molecular formula is C14H10Cl4. The van der Waals surface area contributed by atoms with Crippen LogP contribution >= 0.6 is 46.4 Å². The van der Waals surface area contributed by atoms with Crippen molar-refractivity contribution in [2.24, 2.45) is 0 Å². The molecule has 0 saturated carbocycles. The van der Waals surface area contributed by atoms with Gasteiger partial charge in [0.1, 0.15) is 0 Å². The Kier molecular flexibility index (Phi) is 4.45. The summed E-state index contributed by atoms with van der Waals surface area (Å²) in [5, 5.41) is 2.64. The van der Waals surface area contributed by atoms with Gasteiger partial charge in [-0.3, -0.25) is 0 Å². The van der Waals surface area contributed by atoms with Crippen LogP contribution in [0.15, 0.2) is 36.4 Å². The lowest BCUT2D eigenvalue weighted by atomic mass is 9.93. The highest BCUT2D eigenvalue weighted by Crippen LogP contribution is 2.36. The molecule has 0 saturated heterocycles. The van der Waals surface area contributed by atoms with Crippen LogP contribution in [0.25, 0.3) is 0 Å². The molecule has 0 amide bonds. The lowest BCUT2D eigenvalue weighted by Crippen LogP contribution is -1.98. The van der Waals surface area contributed by atoms with E-state index in [1.165, 1.54) is 0 Å². The summed E-state index contributed by atoms with van der Waals surface area (Å²) in [6, 6.07) is 10.8. The zero-order chi connectivity index (χ0) is 13.3. The Morgan fingerprint density at radius 1 is 0.722 bits per heavy atom. The van der Waals surface area contributed by atoms with Gasteiger partial charge in [-0.2, -0.15) is 0 Å². The van der Waals surface area contributed by atoms with Crippen molar-refractivity contribution < 1.29 is 0 Å². The largest absolute Gasteiger partial charge is 0.0843 e. The normalized spacial score (nSPS) is 11.0. The molecule has 0 spiro atoms. The summed E-state index contributed by atoms with van der Waals surface area (Å²) in [6.07, 6.45) is 0. The SMILES string of the molecule is CC(c1cc(Cl)ccc1Cl)c1cc(Cl)ccc1Cl. The van der Waals surface area contributed by atoms with Gasteiger partial charge in [-0.15, -0.1) is 0 Å². The van der Waals surface area contributed by atoms with E-state index < -0.39 is 0 Å². The van der Waals surface area contributed by atoms with Gasteiger partial charge in [0.2, 0.25) is 0 Å². The van der Waals surface area contributed by atoms with Crippen LogP contribution in [0.2, 0.25) is 20.1 Å². The summed E-state index contributed by atoms with van der Waals surface area (Å²) in [4.78, 5) is 0. The lowest BCUT2D eigenvalue weighted by Gasteiger charge is -2.16. The van der Waals surface area contributed by atoms with Gasteiger partial charge in [-0.25, -0.2) is 0 Å². The fraction of sp³-hybridized carbons (Fsp3) is 0.143. The molecule has 2 aromatic rings. The van der Waals surface area contributed by atoms with E-state index in [1.54, 1.807) is 24.3 Å². The van der Waals surface area contributed by atoms with E-state index in [4.69, 9.17) is 46.4 Å². The monoisotopic (exact) mass is 318 g/mol. The minimum absolute atomic E-state index is 0.0300. The van der Waals surface area contributed by atoms with E-state index in [-0.39, 0.29) is 5.92 Å². The second-order valence-electron chi connectivity index (χ2n) is 4.05. The van der Waals surface area contributed by atoms with Crippen molar-refractivity contribution in [3.05, 3.63) is 67.6 Å².